The molecule has 0 aliphatic heterocycles. The van der Waals surface area contributed by atoms with Gasteiger partial charge in [-0.05, 0) is 71.4 Å². The maximum atomic E-state index is 14.5. The van der Waals surface area contributed by atoms with E-state index in [0.717, 1.165) is 0 Å². The maximum absolute atomic E-state index is 14.5. The fourth-order valence-corrected chi connectivity index (χ4v) is 3.68. The van der Waals surface area contributed by atoms with Gasteiger partial charge in [0.1, 0.15) is 16.2 Å². The minimum atomic E-state index is -0.669. The number of hydrogen-bond donors (Lipinski definition) is 1. The van der Waals surface area contributed by atoms with Crippen molar-refractivity contribution >= 4 is 50.2 Å². The van der Waals surface area contributed by atoms with Crippen molar-refractivity contribution < 1.29 is 9.18 Å². The van der Waals surface area contributed by atoms with Gasteiger partial charge in [-0.3, -0.25) is 9.78 Å². The lowest BCUT2D eigenvalue weighted by Crippen LogP contribution is -2.34. The van der Waals surface area contributed by atoms with Crippen LogP contribution < -0.4 is 5.73 Å². The average molecular weight is 516 g/mol. The third-order valence-corrected chi connectivity index (χ3v) is 5.70. The Morgan fingerprint density at radius 1 is 1.22 bits per heavy atom. The van der Waals surface area contributed by atoms with Gasteiger partial charge in [-0.25, -0.2) is 9.37 Å². The van der Waals surface area contributed by atoms with Gasteiger partial charge in [-0.1, -0.05) is 11.6 Å². The minimum Gasteiger partial charge on any atom is -0.382 e. The van der Waals surface area contributed by atoms with Gasteiger partial charge in [0.25, 0.3) is 5.91 Å². The highest BCUT2D eigenvalue weighted by molar-refractivity contribution is 9.10. The van der Waals surface area contributed by atoms with Crippen LogP contribution in [-0.2, 0) is 6.54 Å². The van der Waals surface area contributed by atoms with Gasteiger partial charge in [-0.2, -0.15) is 5.10 Å². The summed E-state index contributed by atoms with van der Waals surface area (Å²) >= 11 is 9.35. The summed E-state index contributed by atoms with van der Waals surface area (Å²) in [5, 5.41) is 9.06. The summed E-state index contributed by atoms with van der Waals surface area (Å²) in [7, 11) is 0. The number of aromatic nitrogens is 4. The Hall–Kier alpha value is -3.17. The van der Waals surface area contributed by atoms with Crippen molar-refractivity contribution in [2.75, 3.05) is 5.73 Å². The predicted molar refractivity (Wildman–Crippen MR) is 123 cm³/mol. The van der Waals surface area contributed by atoms with Gasteiger partial charge in [0.05, 0.1) is 34.5 Å². The van der Waals surface area contributed by atoms with Crippen molar-refractivity contribution in [3.05, 3.63) is 87.1 Å². The molecule has 32 heavy (non-hydrogen) atoms. The molecule has 162 valence electrons. The molecule has 10 heteroatoms. The number of fused-ring (bicyclic) bond motifs is 1. The van der Waals surface area contributed by atoms with Gasteiger partial charge >= 0.3 is 0 Å². The number of carbonyl (C=O) groups excluding carboxylic acids is 1. The van der Waals surface area contributed by atoms with Crippen LogP contribution in [0.3, 0.4) is 0 Å². The molecule has 2 N–H and O–H groups in total. The van der Waals surface area contributed by atoms with E-state index in [1.807, 2.05) is 0 Å². The highest BCUT2D eigenvalue weighted by atomic mass is 79.9. The number of pyridine rings is 2. The molecule has 1 atom stereocenters. The van der Waals surface area contributed by atoms with E-state index < -0.39 is 11.9 Å². The highest BCUT2D eigenvalue weighted by Gasteiger charge is 2.27. The average Bonchev–Trinajstić information content (AvgIpc) is 2.78. The molecule has 1 unspecified atom stereocenters. The van der Waals surface area contributed by atoms with Crippen LogP contribution in [0, 0.1) is 5.82 Å². The van der Waals surface area contributed by atoms with Gasteiger partial charge in [0.2, 0.25) is 0 Å². The summed E-state index contributed by atoms with van der Waals surface area (Å²) in [4.78, 5) is 23.5. The lowest BCUT2D eigenvalue weighted by atomic mass is 10.1. The van der Waals surface area contributed by atoms with Crippen LogP contribution in [-0.4, -0.2) is 31.0 Å². The summed E-state index contributed by atoms with van der Waals surface area (Å²) in [5.41, 5.74) is 7.46. The van der Waals surface area contributed by atoms with E-state index in [1.165, 1.54) is 23.2 Å². The Balaban J connectivity index is 1.75. The number of carbonyl (C=O) groups is 1. The van der Waals surface area contributed by atoms with Crippen molar-refractivity contribution in [2.45, 2.75) is 19.5 Å². The zero-order valence-corrected chi connectivity index (χ0v) is 19.2. The molecular weight excluding hydrogens is 499 g/mol. The Bertz CT molecular complexity index is 1300. The second kappa shape index (κ2) is 9.13. The summed E-state index contributed by atoms with van der Waals surface area (Å²) < 4.78 is 15.0. The maximum Gasteiger partial charge on any atom is 0.254 e. The predicted octanol–water partition coefficient (Wildman–Crippen LogP) is 4.96. The molecule has 7 nitrogen and oxygen atoms in total. The van der Waals surface area contributed by atoms with E-state index in [0.29, 0.717) is 31.8 Å². The topological polar surface area (TPSA) is 97.9 Å². The number of rotatable bonds is 5. The van der Waals surface area contributed by atoms with Gasteiger partial charge in [0, 0.05) is 17.1 Å². The molecule has 1 aromatic carbocycles. The number of benzene rings is 1. The second-order valence-corrected chi connectivity index (χ2v) is 8.31. The zero-order chi connectivity index (χ0) is 22.8. The first-order chi connectivity index (χ1) is 15.3. The van der Waals surface area contributed by atoms with Crippen LogP contribution in [0.1, 0.15) is 34.7 Å². The largest absolute Gasteiger partial charge is 0.382 e. The number of anilines is 1. The minimum absolute atomic E-state index is 0.106. The van der Waals surface area contributed by atoms with Crippen molar-refractivity contribution in [2.24, 2.45) is 0 Å². The standard InChI is InChI=1S/C22H17BrClFN6O/c1-12(20-17(25)3-2-8-27-20)31(11-15-5-7-19(23)30-29-15)22(32)13-4-6-18-14(9-13)10-16(24)21(26)28-18/h2-10,12H,11H2,1H3,(H2,26,28). The van der Waals surface area contributed by atoms with E-state index in [9.17, 15) is 9.18 Å². The van der Waals surface area contributed by atoms with Crippen molar-refractivity contribution in [3.63, 3.8) is 0 Å². The fourth-order valence-electron chi connectivity index (χ4n) is 3.30. The summed E-state index contributed by atoms with van der Waals surface area (Å²) in [5.74, 6) is -0.611. The smallest absolute Gasteiger partial charge is 0.254 e. The summed E-state index contributed by atoms with van der Waals surface area (Å²) in [6.45, 7) is 1.82. The lowest BCUT2D eigenvalue weighted by Gasteiger charge is -2.29. The SMILES string of the molecule is CC(c1ncccc1F)N(Cc1ccc(Br)nn1)C(=O)c1ccc2nc(N)c(Cl)cc2c1. The fraction of sp³-hybridized carbons (Fsp3) is 0.136. The van der Waals surface area contributed by atoms with Crippen LogP contribution in [0.4, 0.5) is 10.2 Å². The molecule has 0 bridgehead atoms. The highest BCUT2D eigenvalue weighted by Crippen LogP contribution is 2.27. The molecule has 0 spiro atoms. The van der Waals surface area contributed by atoms with Crippen molar-refractivity contribution in [1.29, 1.82) is 0 Å². The van der Waals surface area contributed by atoms with E-state index in [1.54, 1.807) is 43.3 Å². The van der Waals surface area contributed by atoms with Gasteiger partial charge in [0.15, 0.2) is 0 Å². The summed E-state index contributed by atoms with van der Waals surface area (Å²) in [6, 6.07) is 12.3. The summed E-state index contributed by atoms with van der Waals surface area (Å²) in [6.07, 6.45) is 1.49. The normalized spacial score (nSPS) is 12.0. The number of nitrogen functional groups attached to an aromatic ring is 1. The zero-order valence-electron chi connectivity index (χ0n) is 16.8. The van der Waals surface area contributed by atoms with E-state index in [2.05, 4.69) is 36.1 Å². The Morgan fingerprint density at radius 3 is 2.75 bits per heavy atom. The molecule has 4 aromatic rings. The molecule has 0 saturated carbocycles. The molecule has 3 aromatic heterocycles. The third-order valence-electron chi connectivity index (χ3n) is 4.97. The van der Waals surface area contributed by atoms with Crippen LogP contribution in [0.25, 0.3) is 10.9 Å². The first-order valence-electron chi connectivity index (χ1n) is 9.59. The number of hydrogen-bond acceptors (Lipinski definition) is 6. The second-order valence-electron chi connectivity index (χ2n) is 7.09. The number of nitrogens with zero attached hydrogens (tertiary/aromatic N) is 5. The Morgan fingerprint density at radius 2 is 2.03 bits per heavy atom. The van der Waals surface area contributed by atoms with Crippen molar-refractivity contribution in [1.82, 2.24) is 25.1 Å². The molecule has 0 aliphatic rings. The number of amides is 1. The Labute approximate surface area is 196 Å². The molecule has 3 heterocycles. The lowest BCUT2D eigenvalue weighted by molar-refractivity contribution is 0.0664. The quantitative estimate of drug-likeness (QED) is 0.403. The first-order valence-corrected chi connectivity index (χ1v) is 10.8. The van der Waals surface area contributed by atoms with Crippen LogP contribution in [0.2, 0.25) is 5.02 Å². The molecule has 1 amide bonds. The third kappa shape index (κ3) is 4.53. The monoisotopic (exact) mass is 514 g/mol. The molecule has 0 fully saturated rings. The number of nitrogens with two attached hydrogens (primary N) is 1. The first kappa shape index (κ1) is 22.0. The molecule has 0 radical (unpaired) electrons. The molecule has 0 aliphatic carbocycles. The van der Waals surface area contributed by atoms with Gasteiger partial charge in [-0.15, -0.1) is 5.10 Å². The van der Waals surface area contributed by atoms with E-state index in [4.69, 9.17) is 17.3 Å². The van der Waals surface area contributed by atoms with Crippen LogP contribution in [0.5, 0.6) is 0 Å². The van der Waals surface area contributed by atoms with Crippen LogP contribution in [0.15, 0.2) is 59.3 Å². The Kier molecular flexibility index (Phi) is 6.29. The van der Waals surface area contributed by atoms with Crippen LogP contribution >= 0.6 is 27.5 Å². The molecule has 4 rings (SSSR count). The van der Waals surface area contributed by atoms with Crippen molar-refractivity contribution in [3.8, 4) is 0 Å². The van der Waals surface area contributed by atoms with Gasteiger partial charge < -0.3 is 10.6 Å². The van der Waals surface area contributed by atoms with E-state index >= 15 is 0 Å². The van der Waals surface area contributed by atoms with E-state index in [-0.39, 0.29) is 24.0 Å². The molecule has 0 saturated heterocycles. The number of halogens is 3. The molecular formula is C22H17BrClFN6O.